The summed E-state index contributed by atoms with van der Waals surface area (Å²) in [4.78, 5) is 26.5. The number of rotatable bonds is 8. The molecule has 24 heavy (non-hydrogen) atoms. The van der Waals surface area contributed by atoms with E-state index in [2.05, 4.69) is 19.2 Å². The molecule has 0 aliphatic carbocycles. The molecular weight excluding hydrogens is 300 g/mol. The number of carbonyl (C=O) groups excluding carboxylic acids is 2. The molecule has 0 spiro atoms. The molecule has 2 atom stereocenters. The summed E-state index contributed by atoms with van der Waals surface area (Å²) in [6.45, 7) is 7.57. The van der Waals surface area contributed by atoms with Gasteiger partial charge in [0, 0.05) is 25.2 Å². The molecule has 1 aromatic carbocycles. The Morgan fingerprint density at radius 1 is 1.33 bits per heavy atom. The summed E-state index contributed by atoms with van der Waals surface area (Å²) in [6.07, 6.45) is 4.95. The Balaban J connectivity index is 1.90. The molecule has 1 fully saturated rings. The maximum absolute atomic E-state index is 12.5. The van der Waals surface area contributed by atoms with Crippen LogP contribution in [0.25, 0.3) is 0 Å². The van der Waals surface area contributed by atoms with E-state index in [1.54, 1.807) is 4.90 Å². The van der Waals surface area contributed by atoms with Gasteiger partial charge in [-0.2, -0.15) is 0 Å². The second kappa shape index (κ2) is 8.86. The number of hydrogen-bond donors (Lipinski definition) is 1. The van der Waals surface area contributed by atoms with E-state index in [1.165, 1.54) is 12.8 Å². The van der Waals surface area contributed by atoms with Gasteiger partial charge in [-0.05, 0) is 30.9 Å². The Bertz CT molecular complexity index is 571. The van der Waals surface area contributed by atoms with Gasteiger partial charge < -0.3 is 10.2 Å². The first-order chi connectivity index (χ1) is 11.6. The maximum Gasteiger partial charge on any atom is 0.227 e. The summed E-state index contributed by atoms with van der Waals surface area (Å²) >= 11 is 0. The lowest BCUT2D eigenvalue weighted by Gasteiger charge is -2.19. The zero-order chi connectivity index (χ0) is 17.5. The largest absolute Gasteiger partial charge is 0.356 e. The van der Waals surface area contributed by atoms with Gasteiger partial charge in [0.1, 0.15) is 0 Å². The highest BCUT2D eigenvalue weighted by atomic mass is 16.2. The SMILES string of the molecule is CCCC[C@H](CC)CNC(=O)[C@H]1CC(=O)N(c2ccccc2C)C1. The molecule has 0 aromatic heterocycles. The van der Waals surface area contributed by atoms with Crippen LogP contribution in [-0.2, 0) is 9.59 Å². The number of amides is 2. The Morgan fingerprint density at radius 2 is 2.08 bits per heavy atom. The lowest BCUT2D eigenvalue weighted by molar-refractivity contribution is -0.126. The zero-order valence-corrected chi connectivity index (χ0v) is 15.2. The fourth-order valence-electron chi connectivity index (χ4n) is 3.31. The topological polar surface area (TPSA) is 49.4 Å². The van der Waals surface area contributed by atoms with Crippen molar-refractivity contribution in [1.82, 2.24) is 5.32 Å². The first-order valence-electron chi connectivity index (χ1n) is 9.20. The highest BCUT2D eigenvalue weighted by Crippen LogP contribution is 2.27. The van der Waals surface area contributed by atoms with E-state index in [0.717, 1.165) is 30.6 Å². The van der Waals surface area contributed by atoms with Crippen LogP contribution >= 0.6 is 0 Å². The Kier molecular flexibility index (Phi) is 6.83. The van der Waals surface area contributed by atoms with Gasteiger partial charge in [-0.25, -0.2) is 0 Å². The number of aryl methyl sites for hydroxylation is 1. The molecular formula is C20H30N2O2. The summed E-state index contributed by atoms with van der Waals surface area (Å²) in [5.41, 5.74) is 1.99. The fourth-order valence-corrected chi connectivity index (χ4v) is 3.31. The summed E-state index contributed by atoms with van der Waals surface area (Å²) in [7, 11) is 0. The number of para-hydroxylation sites is 1. The van der Waals surface area contributed by atoms with Crippen molar-refractivity contribution in [2.24, 2.45) is 11.8 Å². The van der Waals surface area contributed by atoms with Crippen molar-refractivity contribution in [2.45, 2.75) is 52.9 Å². The van der Waals surface area contributed by atoms with Crippen LogP contribution in [0.1, 0.15) is 51.5 Å². The van der Waals surface area contributed by atoms with Gasteiger partial charge in [-0.1, -0.05) is 51.3 Å². The minimum absolute atomic E-state index is 0.0226. The normalized spacial score (nSPS) is 18.7. The number of nitrogens with one attached hydrogen (secondary N) is 1. The number of anilines is 1. The second-order valence-corrected chi connectivity index (χ2v) is 6.85. The third-order valence-corrected chi connectivity index (χ3v) is 5.01. The molecule has 0 saturated carbocycles. The lowest BCUT2D eigenvalue weighted by Crippen LogP contribution is -2.36. The summed E-state index contributed by atoms with van der Waals surface area (Å²) in [5.74, 6) is 0.371. The molecule has 0 radical (unpaired) electrons. The summed E-state index contributed by atoms with van der Waals surface area (Å²) in [5, 5.41) is 3.07. The van der Waals surface area contributed by atoms with E-state index in [-0.39, 0.29) is 17.7 Å². The molecule has 2 rings (SSSR count). The molecule has 4 heteroatoms. The average Bonchev–Trinajstić information content (AvgIpc) is 2.97. The molecule has 0 bridgehead atoms. The van der Waals surface area contributed by atoms with Crippen LogP contribution in [0.15, 0.2) is 24.3 Å². The van der Waals surface area contributed by atoms with E-state index in [4.69, 9.17) is 0 Å². The molecule has 4 nitrogen and oxygen atoms in total. The molecule has 1 saturated heterocycles. The number of nitrogens with zero attached hydrogens (tertiary/aromatic N) is 1. The molecule has 0 unspecified atom stereocenters. The minimum atomic E-state index is -0.235. The Hall–Kier alpha value is -1.84. The van der Waals surface area contributed by atoms with Crippen molar-refractivity contribution < 1.29 is 9.59 Å². The van der Waals surface area contributed by atoms with Crippen LogP contribution in [0.2, 0.25) is 0 Å². The molecule has 1 aliphatic rings. The van der Waals surface area contributed by atoms with Crippen LogP contribution < -0.4 is 10.2 Å². The van der Waals surface area contributed by atoms with Crippen molar-refractivity contribution in [3.05, 3.63) is 29.8 Å². The van der Waals surface area contributed by atoms with Gasteiger partial charge >= 0.3 is 0 Å². The monoisotopic (exact) mass is 330 g/mol. The maximum atomic E-state index is 12.5. The van der Waals surface area contributed by atoms with E-state index < -0.39 is 0 Å². The predicted octanol–water partition coefficient (Wildman–Crippen LogP) is 3.68. The van der Waals surface area contributed by atoms with Gasteiger partial charge in [0.05, 0.1) is 5.92 Å². The molecule has 1 aromatic rings. The van der Waals surface area contributed by atoms with Crippen molar-refractivity contribution in [1.29, 1.82) is 0 Å². The summed E-state index contributed by atoms with van der Waals surface area (Å²) < 4.78 is 0. The fraction of sp³-hybridized carbons (Fsp3) is 0.600. The van der Waals surface area contributed by atoms with Crippen molar-refractivity contribution >= 4 is 17.5 Å². The van der Waals surface area contributed by atoms with Crippen molar-refractivity contribution in [2.75, 3.05) is 18.0 Å². The highest BCUT2D eigenvalue weighted by Gasteiger charge is 2.35. The zero-order valence-electron chi connectivity index (χ0n) is 15.2. The number of unbranched alkanes of at least 4 members (excludes halogenated alkanes) is 1. The van der Waals surface area contributed by atoms with Crippen LogP contribution in [0.3, 0.4) is 0 Å². The van der Waals surface area contributed by atoms with Gasteiger partial charge in [0.15, 0.2) is 0 Å². The van der Waals surface area contributed by atoms with E-state index >= 15 is 0 Å². The predicted molar refractivity (Wildman–Crippen MR) is 98.0 cm³/mol. The van der Waals surface area contributed by atoms with Gasteiger partial charge in [0.25, 0.3) is 0 Å². The summed E-state index contributed by atoms with van der Waals surface area (Å²) in [6, 6.07) is 7.84. The number of benzene rings is 1. The molecule has 132 valence electrons. The van der Waals surface area contributed by atoms with E-state index in [0.29, 0.717) is 18.9 Å². The first kappa shape index (κ1) is 18.5. The van der Waals surface area contributed by atoms with Crippen LogP contribution in [0.4, 0.5) is 5.69 Å². The van der Waals surface area contributed by atoms with Gasteiger partial charge in [0.2, 0.25) is 11.8 Å². The second-order valence-electron chi connectivity index (χ2n) is 6.85. The Labute approximate surface area is 145 Å². The third-order valence-electron chi connectivity index (χ3n) is 5.01. The van der Waals surface area contributed by atoms with Crippen LogP contribution in [0.5, 0.6) is 0 Å². The van der Waals surface area contributed by atoms with Crippen LogP contribution in [0, 0.1) is 18.8 Å². The Morgan fingerprint density at radius 3 is 2.75 bits per heavy atom. The molecule has 1 heterocycles. The smallest absolute Gasteiger partial charge is 0.227 e. The van der Waals surface area contributed by atoms with E-state index in [1.807, 2.05) is 31.2 Å². The quantitative estimate of drug-likeness (QED) is 0.790. The molecule has 1 N–H and O–H groups in total. The highest BCUT2D eigenvalue weighted by molar-refractivity contribution is 6.00. The standard InChI is InChI=1S/C20H30N2O2/c1-4-6-10-16(5-2)13-21-20(24)17-12-19(23)22(14-17)18-11-8-7-9-15(18)3/h7-9,11,16-17H,4-6,10,12-14H2,1-3H3,(H,21,24)/t16-,17-/m0/s1. The van der Waals surface area contributed by atoms with Crippen LogP contribution in [-0.4, -0.2) is 24.9 Å². The van der Waals surface area contributed by atoms with Crippen molar-refractivity contribution in [3.63, 3.8) is 0 Å². The van der Waals surface area contributed by atoms with Crippen molar-refractivity contribution in [3.8, 4) is 0 Å². The van der Waals surface area contributed by atoms with Gasteiger partial charge in [-0.3, -0.25) is 9.59 Å². The average molecular weight is 330 g/mol. The first-order valence-corrected chi connectivity index (χ1v) is 9.20. The number of hydrogen-bond acceptors (Lipinski definition) is 2. The minimum Gasteiger partial charge on any atom is -0.356 e. The molecule has 1 aliphatic heterocycles. The van der Waals surface area contributed by atoms with Gasteiger partial charge in [-0.15, -0.1) is 0 Å². The third kappa shape index (κ3) is 4.59. The lowest BCUT2D eigenvalue weighted by atomic mass is 9.99. The molecule has 2 amide bonds. The number of carbonyl (C=O) groups is 2. The van der Waals surface area contributed by atoms with E-state index in [9.17, 15) is 9.59 Å².